The van der Waals surface area contributed by atoms with Crippen molar-refractivity contribution in [2.45, 2.75) is 13.0 Å². The fraction of sp³-hybridized carbons (Fsp3) is 0.304. The van der Waals surface area contributed by atoms with Crippen molar-refractivity contribution in [1.82, 2.24) is 19.8 Å². The van der Waals surface area contributed by atoms with Gasteiger partial charge in [-0.05, 0) is 29.8 Å². The maximum absolute atomic E-state index is 5.90. The van der Waals surface area contributed by atoms with Crippen molar-refractivity contribution >= 4 is 41.5 Å². The summed E-state index contributed by atoms with van der Waals surface area (Å²) in [4.78, 5) is 10.9. The molecular formula is C23H29ClIN5O. The molecule has 0 aliphatic carbocycles. The first-order chi connectivity index (χ1) is 14.7. The van der Waals surface area contributed by atoms with E-state index in [2.05, 4.69) is 44.1 Å². The van der Waals surface area contributed by atoms with E-state index in [1.807, 2.05) is 54.7 Å². The average molecular weight is 554 g/mol. The van der Waals surface area contributed by atoms with Crippen LogP contribution in [0, 0.1) is 0 Å². The summed E-state index contributed by atoms with van der Waals surface area (Å²) >= 11 is 5.90. The lowest BCUT2D eigenvalue weighted by Crippen LogP contribution is -2.41. The van der Waals surface area contributed by atoms with E-state index < -0.39 is 0 Å². The first kappa shape index (κ1) is 25.0. The molecule has 0 spiro atoms. The van der Waals surface area contributed by atoms with Crippen LogP contribution in [0.3, 0.4) is 0 Å². The lowest BCUT2D eigenvalue weighted by molar-refractivity contribution is 0.281. The second-order valence-electron chi connectivity index (χ2n) is 6.90. The van der Waals surface area contributed by atoms with Gasteiger partial charge in [0.05, 0.1) is 6.54 Å². The normalized spacial score (nSPS) is 11.0. The lowest BCUT2D eigenvalue weighted by Gasteiger charge is -2.22. The Labute approximate surface area is 206 Å². The molecule has 0 amide bonds. The van der Waals surface area contributed by atoms with Crippen molar-refractivity contribution < 1.29 is 4.74 Å². The van der Waals surface area contributed by atoms with E-state index in [1.165, 1.54) is 5.56 Å². The zero-order chi connectivity index (χ0) is 21.2. The van der Waals surface area contributed by atoms with E-state index in [1.54, 1.807) is 7.05 Å². The van der Waals surface area contributed by atoms with Crippen molar-refractivity contribution in [3.63, 3.8) is 0 Å². The number of likely N-dealkylation sites (N-methyl/N-ethyl adjacent to an activating group) is 1. The number of hydrogen-bond donors (Lipinski definition) is 1. The number of rotatable bonds is 9. The van der Waals surface area contributed by atoms with Gasteiger partial charge < -0.3 is 19.5 Å². The molecule has 0 aliphatic heterocycles. The summed E-state index contributed by atoms with van der Waals surface area (Å²) in [5.41, 5.74) is 1.26. The van der Waals surface area contributed by atoms with Crippen LogP contribution in [0.5, 0.6) is 5.75 Å². The highest BCUT2D eigenvalue weighted by atomic mass is 127. The molecule has 1 aromatic heterocycles. The van der Waals surface area contributed by atoms with Crippen LogP contribution in [-0.2, 0) is 13.0 Å². The molecule has 3 aromatic rings. The van der Waals surface area contributed by atoms with Gasteiger partial charge in [0.1, 0.15) is 18.2 Å². The molecule has 0 unspecified atom stereocenters. The highest BCUT2D eigenvalue weighted by Crippen LogP contribution is 2.15. The van der Waals surface area contributed by atoms with E-state index in [0.717, 1.165) is 37.0 Å². The summed E-state index contributed by atoms with van der Waals surface area (Å²) in [6, 6.07) is 17.8. The first-order valence-corrected chi connectivity index (χ1v) is 10.4. The van der Waals surface area contributed by atoms with E-state index in [-0.39, 0.29) is 24.0 Å². The summed E-state index contributed by atoms with van der Waals surface area (Å²) in [7, 11) is 3.78. The largest absolute Gasteiger partial charge is 0.492 e. The molecule has 0 atom stereocenters. The van der Waals surface area contributed by atoms with Crippen molar-refractivity contribution in [2.75, 3.05) is 33.8 Å². The molecular weight excluding hydrogens is 525 g/mol. The highest BCUT2D eigenvalue weighted by molar-refractivity contribution is 14.0. The minimum atomic E-state index is 0. The van der Waals surface area contributed by atoms with E-state index in [4.69, 9.17) is 16.3 Å². The Hall–Kier alpha value is -2.26. The third-order valence-electron chi connectivity index (χ3n) is 4.71. The third kappa shape index (κ3) is 8.06. The fourth-order valence-electron chi connectivity index (χ4n) is 3.10. The molecule has 0 aliphatic rings. The predicted molar refractivity (Wildman–Crippen MR) is 138 cm³/mol. The summed E-state index contributed by atoms with van der Waals surface area (Å²) < 4.78 is 7.95. The molecule has 0 radical (unpaired) electrons. The molecule has 1 heterocycles. The van der Waals surface area contributed by atoms with Gasteiger partial charge in [0.15, 0.2) is 5.96 Å². The maximum Gasteiger partial charge on any atom is 0.193 e. The minimum Gasteiger partial charge on any atom is -0.492 e. The van der Waals surface area contributed by atoms with E-state index in [0.29, 0.717) is 18.2 Å². The predicted octanol–water partition coefficient (Wildman–Crippen LogP) is 4.33. The van der Waals surface area contributed by atoms with Crippen LogP contribution in [0.2, 0.25) is 5.02 Å². The van der Waals surface area contributed by atoms with Crippen LogP contribution in [0.1, 0.15) is 11.4 Å². The molecule has 1 N–H and O–H groups in total. The number of imidazole rings is 1. The Balaban J connectivity index is 0.00000341. The van der Waals surface area contributed by atoms with Crippen LogP contribution in [0.15, 0.2) is 72.0 Å². The van der Waals surface area contributed by atoms with Gasteiger partial charge in [0, 0.05) is 51.0 Å². The number of hydrogen-bond acceptors (Lipinski definition) is 3. The first-order valence-electron chi connectivity index (χ1n) is 10.00. The van der Waals surface area contributed by atoms with Crippen molar-refractivity contribution in [2.24, 2.45) is 4.99 Å². The number of halogens is 2. The number of aromatic nitrogens is 2. The van der Waals surface area contributed by atoms with Gasteiger partial charge in [-0.3, -0.25) is 4.99 Å². The van der Waals surface area contributed by atoms with E-state index in [9.17, 15) is 0 Å². The molecule has 0 saturated carbocycles. The molecule has 31 heavy (non-hydrogen) atoms. The second-order valence-corrected chi connectivity index (χ2v) is 7.34. The smallest absolute Gasteiger partial charge is 0.193 e. The number of aliphatic imine (C=N–C) groups is 1. The van der Waals surface area contributed by atoms with Gasteiger partial charge in [-0.25, -0.2) is 4.98 Å². The van der Waals surface area contributed by atoms with Gasteiger partial charge in [0.2, 0.25) is 0 Å². The Bertz CT molecular complexity index is 931. The van der Waals surface area contributed by atoms with Gasteiger partial charge in [0.25, 0.3) is 0 Å². The van der Waals surface area contributed by atoms with Gasteiger partial charge >= 0.3 is 0 Å². The number of nitrogens with one attached hydrogen (secondary N) is 1. The number of benzene rings is 2. The second kappa shape index (κ2) is 13.2. The van der Waals surface area contributed by atoms with Crippen LogP contribution in [0.4, 0.5) is 0 Å². The Morgan fingerprint density at radius 3 is 2.61 bits per heavy atom. The molecule has 0 bridgehead atoms. The Morgan fingerprint density at radius 2 is 1.90 bits per heavy atom. The molecule has 166 valence electrons. The average Bonchev–Trinajstić information content (AvgIpc) is 3.20. The monoisotopic (exact) mass is 553 g/mol. The van der Waals surface area contributed by atoms with Crippen LogP contribution >= 0.6 is 35.6 Å². The SMILES string of the molecule is CN=C(NCCc1nccn1Cc1ccccc1)N(C)CCOc1ccc(Cl)cc1.I. The van der Waals surface area contributed by atoms with Crippen LogP contribution < -0.4 is 10.1 Å². The number of nitrogens with zero attached hydrogens (tertiary/aromatic N) is 4. The lowest BCUT2D eigenvalue weighted by atomic mass is 10.2. The van der Waals surface area contributed by atoms with Crippen molar-refractivity contribution in [1.29, 1.82) is 0 Å². The van der Waals surface area contributed by atoms with Gasteiger partial charge in [-0.1, -0.05) is 41.9 Å². The molecule has 8 heteroatoms. The Kier molecular flexibility index (Phi) is 10.7. The molecule has 2 aromatic carbocycles. The number of ether oxygens (including phenoxy) is 1. The zero-order valence-electron chi connectivity index (χ0n) is 17.9. The van der Waals surface area contributed by atoms with Crippen molar-refractivity contribution in [3.05, 3.63) is 83.4 Å². The molecule has 6 nitrogen and oxygen atoms in total. The van der Waals surface area contributed by atoms with Crippen LogP contribution in [-0.4, -0.2) is 54.2 Å². The molecule has 3 rings (SSSR count). The van der Waals surface area contributed by atoms with Gasteiger partial charge in [-0.2, -0.15) is 0 Å². The van der Waals surface area contributed by atoms with Crippen molar-refractivity contribution in [3.8, 4) is 5.75 Å². The Morgan fingerprint density at radius 1 is 1.16 bits per heavy atom. The minimum absolute atomic E-state index is 0. The topological polar surface area (TPSA) is 54.7 Å². The van der Waals surface area contributed by atoms with Gasteiger partial charge in [-0.15, -0.1) is 24.0 Å². The number of guanidine groups is 1. The molecule has 0 fully saturated rings. The molecule has 0 saturated heterocycles. The third-order valence-corrected chi connectivity index (χ3v) is 4.96. The standard InChI is InChI=1S/C23H28ClN5O.HI/c1-25-23(28(2)16-17-30-21-10-8-20(24)9-11-21)27-13-12-22-26-14-15-29(22)18-19-6-4-3-5-7-19;/h3-11,14-15H,12-13,16-18H2,1-2H3,(H,25,27);1H. The summed E-state index contributed by atoms with van der Waals surface area (Å²) in [6.45, 7) is 2.85. The highest BCUT2D eigenvalue weighted by Gasteiger charge is 2.08. The summed E-state index contributed by atoms with van der Waals surface area (Å²) in [6.07, 6.45) is 4.69. The zero-order valence-corrected chi connectivity index (χ0v) is 21.0. The maximum atomic E-state index is 5.90. The van der Waals surface area contributed by atoms with Crippen LogP contribution in [0.25, 0.3) is 0 Å². The summed E-state index contributed by atoms with van der Waals surface area (Å²) in [5, 5.41) is 4.11. The quantitative estimate of drug-likeness (QED) is 0.244. The van der Waals surface area contributed by atoms with E-state index >= 15 is 0 Å². The summed E-state index contributed by atoms with van der Waals surface area (Å²) in [5.74, 6) is 2.69. The fourth-order valence-corrected chi connectivity index (χ4v) is 3.23.